The molecule has 1 N–H and O–H groups in total. The lowest BCUT2D eigenvalue weighted by Crippen LogP contribution is -2.26. The Morgan fingerprint density at radius 1 is 1.33 bits per heavy atom. The van der Waals surface area contributed by atoms with Gasteiger partial charge in [-0.15, -0.1) is 0 Å². The van der Waals surface area contributed by atoms with Gasteiger partial charge < -0.3 is 10.1 Å². The highest BCUT2D eigenvalue weighted by atomic mass is 16.1. The standard InChI is InChI=1S/C13H17NO/c15-9-6-11-2-1-3-13(10-11)12-4-7-14-8-5-12/h1-3,9-10,12,14H,4-8H2. The molecule has 0 aliphatic carbocycles. The Morgan fingerprint density at radius 3 is 2.87 bits per heavy atom. The first-order valence-corrected chi connectivity index (χ1v) is 5.63. The number of carbonyl (C=O) groups excluding carboxylic acids is 1. The van der Waals surface area contributed by atoms with Crippen LogP contribution in [0.1, 0.15) is 29.9 Å². The van der Waals surface area contributed by atoms with Crippen molar-refractivity contribution < 1.29 is 4.79 Å². The Hall–Kier alpha value is -1.15. The Labute approximate surface area is 90.7 Å². The molecule has 2 heteroatoms. The van der Waals surface area contributed by atoms with Crippen LogP contribution in [0.4, 0.5) is 0 Å². The summed E-state index contributed by atoms with van der Waals surface area (Å²) < 4.78 is 0. The van der Waals surface area contributed by atoms with Gasteiger partial charge in [-0.2, -0.15) is 0 Å². The molecule has 0 bridgehead atoms. The minimum atomic E-state index is 0.540. The fraction of sp³-hybridized carbons (Fsp3) is 0.462. The van der Waals surface area contributed by atoms with Crippen LogP contribution >= 0.6 is 0 Å². The number of aldehydes is 1. The molecule has 0 amide bonds. The largest absolute Gasteiger partial charge is 0.317 e. The highest BCUT2D eigenvalue weighted by molar-refractivity contribution is 5.55. The van der Waals surface area contributed by atoms with Gasteiger partial charge in [0, 0.05) is 6.42 Å². The number of hydrogen-bond acceptors (Lipinski definition) is 2. The average Bonchev–Trinajstić information content (AvgIpc) is 2.31. The molecule has 0 atom stereocenters. The van der Waals surface area contributed by atoms with Gasteiger partial charge in [0.25, 0.3) is 0 Å². The van der Waals surface area contributed by atoms with Gasteiger partial charge in [0.15, 0.2) is 0 Å². The second kappa shape index (κ2) is 5.08. The van der Waals surface area contributed by atoms with Crippen molar-refractivity contribution in [2.75, 3.05) is 13.1 Å². The summed E-state index contributed by atoms with van der Waals surface area (Å²) in [4.78, 5) is 10.5. The van der Waals surface area contributed by atoms with E-state index >= 15 is 0 Å². The van der Waals surface area contributed by atoms with Crippen LogP contribution < -0.4 is 5.32 Å². The lowest BCUT2D eigenvalue weighted by Gasteiger charge is -2.23. The Balaban J connectivity index is 2.12. The average molecular weight is 203 g/mol. The fourth-order valence-corrected chi connectivity index (χ4v) is 2.23. The normalized spacial score (nSPS) is 17.6. The molecule has 0 radical (unpaired) electrons. The van der Waals surface area contributed by atoms with E-state index < -0.39 is 0 Å². The maximum Gasteiger partial charge on any atom is 0.124 e. The maximum atomic E-state index is 10.5. The lowest BCUT2D eigenvalue weighted by molar-refractivity contribution is -0.107. The van der Waals surface area contributed by atoms with Crippen LogP contribution in [0.2, 0.25) is 0 Å². The van der Waals surface area contributed by atoms with E-state index in [1.807, 2.05) is 6.07 Å². The molecule has 1 aromatic rings. The lowest BCUT2D eigenvalue weighted by atomic mass is 9.89. The number of rotatable bonds is 3. The van der Waals surface area contributed by atoms with E-state index in [2.05, 4.69) is 23.5 Å². The van der Waals surface area contributed by atoms with Gasteiger partial charge in [-0.1, -0.05) is 24.3 Å². The molecule has 2 rings (SSSR count). The zero-order valence-electron chi connectivity index (χ0n) is 8.91. The van der Waals surface area contributed by atoms with Crippen LogP contribution in [0.25, 0.3) is 0 Å². The summed E-state index contributed by atoms with van der Waals surface area (Å²) in [7, 11) is 0. The topological polar surface area (TPSA) is 29.1 Å². The first-order chi connectivity index (χ1) is 7.40. The van der Waals surface area contributed by atoms with Crippen molar-refractivity contribution in [1.82, 2.24) is 5.32 Å². The van der Waals surface area contributed by atoms with Crippen LogP contribution in [-0.2, 0) is 11.2 Å². The smallest absolute Gasteiger partial charge is 0.124 e. The van der Waals surface area contributed by atoms with Gasteiger partial charge in [-0.25, -0.2) is 0 Å². The van der Waals surface area contributed by atoms with Crippen molar-refractivity contribution in [1.29, 1.82) is 0 Å². The van der Waals surface area contributed by atoms with E-state index in [4.69, 9.17) is 0 Å². The van der Waals surface area contributed by atoms with Crippen LogP contribution in [0.5, 0.6) is 0 Å². The summed E-state index contributed by atoms with van der Waals surface area (Å²) in [5.74, 6) is 0.679. The zero-order valence-corrected chi connectivity index (χ0v) is 8.91. The van der Waals surface area contributed by atoms with Crippen molar-refractivity contribution in [3.63, 3.8) is 0 Å². The van der Waals surface area contributed by atoms with Crippen molar-refractivity contribution in [3.8, 4) is 0 Å². The highest BCUT2D eigenvalue weighted by Crippen LogP contribution is 2.25. The molecule has 1 aromatic carbocycles. The summed E-state index contributed by atoms with van der Waals surface area (Å²) in [5, 5.41) is 3.37. The Kier molecular flexibility index (Phi) is 3.51. The number of hydrogen-bond donors (Lipinski definition) is 1. The van der Waals surface area contributed by atoms with E-state index in [0.29, 0.717) is 12.3 Å². The minimum Gasteiger partial charge on any atom is -0.317 e. The molecule has 15 heavy (non-hydrogen) atoms. The van der Waals surface area contributed by atoms with Crippen molar-refractivity contribution >= 4 is 6.29 Å². The molecule has 0 saturated carbocycles. The van der Waals surface area contributed by atoms with Crippen molar-refractivity contribution in [2.45, 2.75) is 25.2 Å². The molecule has 2 nitrogen and oxygen atoms in total. The van der Waals surface area contributed by atoms with Crippen LogP contribution in [0.15, 0.2) is 24.3 Å². The number of benzene rings is 1. The number of piperidine rings is 1. The highest BCUT2D eigenvalue weighted by Gasteiger charge is 2.14. The van der Waals surface area contributed by atoms with Crippen molar-refractivity contribution in [3.05, 3.63) is 35.4 Å². The van der Waals surface area contributed by atoms with Gasteiger partial charge in [-0.3, -0.25) is 0 Å². The molecule has 1 saturated heterocycles. The van der Waals surface area contributed by atoms with Gasteiger partial charge in [0.1, 0.15) is 6.29 Å². The summed E-state index contributed by atoms with van der Waals surface area (Å²) in [5.41, 5.74) is 2.54. The molecule has 0 aromatic heterocycles. The third-order valence-electron chi connectivity index (χ3n) is 3.08. The second-order valence-corrected chi connectivity index (χ2v) is 4.14. The first-order valence-electron chi connectivity index (χ1n) is 5.63. The monoisotopic (exact) mass is 203 g/mol. The molecule has 1 aliphatic rings. The quantitative estimate of drug-likeness (QED) is 0.760. The number of carbonyl (C=O) groups is 1. The predicted octanol–water partition coefficient (Wildman–Crippen LogP) is 1.90. The molecule has 1 heterocycles. The second-order valence-electron chi connectivity index (χ2n) is 4.14. The molecule has 0 unspecified atom stereocenters. The predicted molar refractivity (Wildman–Crippen MR) is 61.1 cm³/mol. The minimum absolute atomic E-state index is 0.540. The van der Waals surface area contributed by atoms with E-state index in [1.165, 1.54) is 18.4 Å². The molecular formula is C13H17NO. The van der Waals surface area contributed by atoms with Crippen LogP contribution in [0.3, 0.4) is 0 Å². The zero-order chi connectivity index (χ0) is 10.5. The van der Waals surface area contributed by atoms with E-state index in [9.17, 15) is 4.79 Å². The van der Waals surface area contributed by atoms with E-state index in [1.54, 1.807) is 0 Å². The molecular weight excluding hydrogens is 186 g/mol. The third kappa shape index (κ3) is 2.66. The summed E-state index contributed by atoms with van der Waals surface area (Å²) in [6, 6.07) is 8.46. The summed E-state index contributed by atoms with van der Waals surface area (Å²) >= 11 is 0. The number of nitrogens with one attached hydrogen (secondary N) is 1. The molecule has 0 spiro atoms. The van der Waals surface area contributed by atoms with Gasteiger partial charge in [-0.05, 0) is 43.0 Å². The Morgan fingerprint density at radius 2 is 2.13 bits per heavy atom. The summed E-state index contributed by atoms with van der Waals surface area (Å²) in [6.45, 7) is 2.23. The SMILES string of the molecule is O=CCc1cccc(C2CCNCC2)c1. The van der Waals surface area contributed by atoms with Gasteiger partial charge in [0.05, 0.1) is 0 Å². The van der Waals surface area contributed by atoms with Crippen molar-refractivity contribution in [2.24, 2.45) is 0 Å². The van der Waals surface area contributed by atoms with Gasteiger partial charge in [0.2, 0.25) is 0 Å². The molecule has 80 valence electrons. The summed E-state index contributed by atoms with van der Waals surface area (Å²) in [6.07, 6.45) is 3.94. The molecule has 1 aliphatic heterocycles. The third-order valence-corrected chi connectivity index (χ3v) is 3.08. The first kappa shape index (κ1) is 10.4. The fourth-order valence-electron chi connectivity index (χ4n) is 2.23. The van der Waals surface area contributed by atoms with E-state index in [0.717, 1.165) is 24.9 Å². The molecule has 1 fully saturated rings. The Bertz CT molecular complexity index is 329. The van der Waals surface area contributed by atoms with Crippen LogP contribution in [-0.4, -0.2) is 19.4 Å². The van der Waals surface area contributed by atoms with Gasteiger partial charge >= 0.3 is 0 Å². The maximum absolute atomic E-state index is 10.5. The van der Waals surface area contributed by atoms with Crippen LogP contribution in [0, 0.1) is 0 Å². The van der Waals surface area contributed by atoms with E-state index in [-0.39, 0.29) is 0 Å².